The Morgan fingerprint density at radius 3 is 2.59 bits per heavy atom. The molecule has 0 saturated carbocycles. The molecule has 0 fully saturated rings. The second kappa shape index (κ2) is 7.85. The molecule has 4 rings (SSSR count). The van der Waals surface area contributed by atoms with E-state index in [-0.39, 0.29) is 5.91 Å². The molecular formula is C23H20ClNO2. The molecule has 1 aliphatic rings. The first-order valence-electron chi connectivity index (χ1n) is 9.03. The van der Waals surface area contributed by atoms with Crippen molar-refractivity contribution in [3.63, 3.8) is 0 Å². The largest absolute Gasteiger partial charge is 0.487 e. The molecule has 1 amide bonds. The van der Waals surface area contributed by atoms with E-state index in [1.807, 2.05) is 53.4 Å². The number of carbonyl (C=O) groups is 1. The van der Waals surface area contributed by atoms with Gasteiger partial charge in [-0.3, -0.25) is 4.79 Å². The Morgan fingerprint density at radius 1 is 0.963 bits per heavy atom. The van der Waals surface area contributed by atoms with E-state index in [2.05, 4.69) is 18.2 Å². The van der Waals surface area contributed by atoms with Crippen LogP contribution < -0.4 is 4.74 Å². The highest BCUT2D eigenvalue weighted by atomic mass is 35.5. The second-order valence-corrected chi connectivity index (χ2v) is 7.07. The number of amides is 1. The summed E-state index contributed by atoms with van der Waals surface area (Å²) in [4.78, 5) is 14.9. The Labute approximate surface area is 164 Å². The molecule has 0 spiro atoms. The monoisotopic (exact) mass is 377 g/mol. The Balaban J connectivity index is 1.46. The highest BCUT2D eigenvalue weighted by Crippen LogP contribution is 2.25. The summed E-state index contributed by atoms with van der Waals surface area (Å²) in [7, 11) is 0. The van der Waals surface area contributed by atoms with Gasteiger partial charge < -0.3 is 9.64 Å². The minimum absolute atomic E-state index is 0.0593. The van der Waals surface area contributed by atoms with Crippen LogP contribution in [0.4, 0.5) is 0 Å². The number of carbonyl (C=O) groups excluding carboxylic acids is 1. The van der Waals surface area contributed by atoms with Crippen LogP contribution in [0.15, 0.2) is 72.8 Å². The van der Waals surface area contributed by atoms with Crippen LogP contribution in [0.25, 0.3) is 0 Å². The predicted octanol–water partition coefficient (Wildman–Crippen LogP) is 5.12. The van der Waals surface area contributed by atoms with E-state index >= 15 is 0 Å². The van der Waals surface area contributed by atoms with Gasteiger partial charge in [0.2, 0.25) is 0 Å². The first kappa shape index (κ1) is 17.6. The van der Waals surface area contributed by atoms with Gasteiger partial charge in [-0.1, -0.05) is 60.1 Å². The molecule has 0 atom stereocenters. The van der Waals surface area contributed by atoms with Crippen LogP contribution in [0.3, 0.4) is 0 Å². The van der Waals surface area contributed by atoms with Gasteiger partial charge in [0.25, 0.3) is 5.91 Å². The molecule has 0 radical (unpaired) electrons. The van der Waals surface area contributed by atoms with Gasteiger partial charge in [-0.2, -0.15) is 0 Å². The molecule has 0 saturated heterocycles. The van der Waals surface area contributed by atoms with Crippen LogP contribution in [-0.4, -0.2) is 17.4 Å². The van der Waals surface area contributed by atoms with Gasteiger partial charge in [0, 0.05) is 18.7 Å². The highest BCUT2D eigenvalue weighted by Gasteiger charge is 2.21. The quantitative estimate of drug-likeness (QED) is 0.631. The number of rotatable bonds is 4. The minimum Gasteiger partial charge on any atom is -0.487 e. The molecule has 0 aromatic heterocycles. The Bertz CT molecular complexity index is 970. The highest BCUT2D eigenvalue weighted by molar-refractivity contribution is 6.32. The molecule has 136 valence electrons. The van der Waals surface area contributed by atoms with E-state index in [0.29, 0.717) is 29.5 Å². The van der Waals surface area contributed by atoms with E-state index in [1.165, 1.54) is 11.1 Å². The first-order valence-corrected chi connectivity index (χ1v) is 9.41. The van der Waals surface area contributed by atoms with Gasteiger partial charge >= 0.3 is 0 Å². The maximum Gasteiger partial charge on any atom is 0.254 e. The molecule has 3 aromatic carbocycles. The number of benzene rings is 3. The Morgan fingerprint density at radius 2 is 1.74 bits per heavy atom. The minimum atomic E-state index is 0.0593. The fraction of sp³-hybridized carbons (Fsp3) is 0.174. The third-order valence-corrected chi connectivity index (χ3v) is 5.14. The van der Waals surface area contributed by atoms with Crippen molar-refractivity contribution in [3.8, 4) is 5.75 Å². The van der Waals surface area contributed by atoms with Crippen LogP contribution in [-0.2, 0) is 19.6 Å². The smallest absolute Gasteiger partial charge is 0.254 e. The maximum atomic E-state index is 13.0. The Hall–Kier alpha value is -2.78. The van der Waals surface area contributed by atoms with Crippen molar-refractivity contribution < 1.29 is 9.53 Å². The zero-order valence-corrected chi connectivity index (χ0v) is 15.7. The molecule has 3 aromatic rings. The lowest BCUT2D eigenvalue weighted by molar-refractivity contribution is 0.0734. The molecule has 0 bridgehead atoms. The summed E-state index contributed by atoms with van der Waals surface area (Å²) in [6.45, 7) is 1.78. The van der Waals surface area contributed by atoms with Crippen LogP contribution >= 0.6 is 11.6 Å². The molecule has 3 nitrogen and oxygen atoms in total. The summed E-state index contributed by atoms with van der Waals surface area (Å²) in [5.41, 5.74) is 4.20. The van der Waals surface area contributed by atoms with Crippen molar-refractivity contribution in [2.24, 2.45) is 0 Å². The van der Waals surface area contributed by atoms with E-state index in [4.69, 9.17) is 16.3 Å². The van der Waals surface area contributed by atoms with Gasteiger partial charge in [0.1, 0.15) is 12.4 Å². The topological polar surface area (TPSA) is 29.5 Å². The van der Waals surface area contributed by atoms with E-state index < -0.39 is 0 Å². The van der Waals surface area contributed by atoms with Crippen molar-refractivity contribution in [3.05, 3.63) is 100 Å². The lowest BCUT2D eigenvalue weighted by Gasteiger charge is -2.29. The lowest BCUT2D eigenvalue weighted by Crippen LogP contribution is -2.35. The van der Waals surface area contributed by atoms with Gasteiger partial charge in [-0.25, -0.2) is 0 Å². The number of fused-ring (bicyclic) bond motifs is 1. The average molecular weight is 378 g/mol. The van der Waals surface area contributed by atoms with E-state index in [9.17, 15) is 4.79 Å². The lowest BCUT2D eigenvalue weighted by atomic mass is 9.99. The standard InChI is InChI=1S/C23H20ClNO2/c24-21-10-3-4-11-22(21)27-16-17-6-5-9-19(14-17)23(26)25-13-12-18-7-1-2-8-20(18)15-25/h1-11,14H,12-13,15-16H2. The first-order chi connectivity index (χ1) is 13.2. The third kappa shape index (κ3) is 3.99. The number of nitrogens with zero attached hydrogens (tertiary/aromatic N) is 1. The molecule has 27 heavy (non-hydrogen) atoms. The Kier molecular flexibility index (Phi) is 5.12. The number of para-hydroxylation sites is 1. The number of ether oxygens (including phenoxy) is 1. The van der Waals surface area contributed by atoms with Gasteiger partial charge in [0.15, 0.2) is 0 Å². The average Bonchev–Trinajstić information content (AvgIpc) is 2.72. The van der Waals surface area contributed by atoms with Crippen molar-refractivity contribution in [2.75, 3.05) is 6.54 Å². The SMILES string of the molecule is O=C(c1cccc(COc2ccccc2Cl)c1)N1CCc2ccccc2C1. The predicted molar refractivity (Wildman–Crippen MR) is 107 cm³/mol. The van der Waals surface area contributed by atoms with Crippen molar-refractivity contribution in [1.29, 1.82) is 0 Å². The zero-order valence-electron chi connectivity index (χ0n) is 14.9. The number of hydrogen-bond acceptors (Lipinski definition) is 2. The molecule has 0 unspecified atom stereocenters. The second-order valence-electron chi connectivity index (χ2n) is 6.66. The van der Waals surface area contributed by atoms with Crippen molar-refractivity contribution in [1.82, 2.24) is 4.90 Å². The number of hydrogen-bond donors (Lipinski definition) is 0. The summed E-state index contributed by atoms with van der Waals surface area (Å²) in [6, 6.07) is 23.3. The molecule has 0 aliphatic carbocycles. The van der Waals surface area contributed by atoms with Gasteiger partial charge in [-0.15, -0.1) is 0 Å². The summed E-state index contributed by atoms with van der Waals surface area (Å²) in [6.07, 6.45) is 0.900. The number of halogens is 1. The summed E-state index contributed by atoms with van der Waals surface area (Å²) >= 11 is 6.13. The molecule has 4 heteroatoms. The normalized spacial score (nSPS) is 13.1. The van der Waals surface area contributed by atoms with Crippen molar-refractivity contribution >= 4 is 17.5 Å². The fourth-order valence-electron chi connectivity index (χ4n) is 3.37. The molecule has 1 aliphatic heterocycles. The molecular weight excluding hydrogens is 358 g/mol. The molecule has 1 heterocycles. The zero-order chi connectivity index (χ0) is 18.6. The molecule has 0 N–H and O–H groups in total. The maximum absolute atomic E-state index is 13.0. The fourth-order valence-corrected chi connectivity index (χ4v) is 3.56. The summed E-state index contributed by atoms with van der Waals surface area (Å²) in [5.74, 6) is 0.702. The van der Waals surface area contributed by atoms with Crippen LogP contribution in [0.5, 0.6) is 5.75 Å². The van der Waals surface area contributed by atoms with Gasteiger partial charge in [0.05, 0.1) is 5.02 Å². The summed E-state index contributed by atoms with van der Waals surface area (Å²) in [5, 5.41) is 0.580. The summed E-state index contributed by atoms with van der Waals surface area (Å²) < 4.78 is 5.79. The van der Waals surface area contributed by atoms with Crippen LogP contribution in [0.2, 0.25) is 5.02 Å². The van der Waals surface area contributed by atoms with Gasteiger partial charge in [-0.05, 0) is 47.4 Å². The third-order valence-electron chi connectivity index (χ3n) is 4.82. The van der Waals surface area contributed by atoms with E-state index in [1.54, 1.807) is 6.07 Å². The van der Waals surface area contributed by atoms with Crippen LogP contribution in [0.1, 0.15) is 27.0 Å². The van der Waals surface area contributed by atoms with E-state index in [0.717, 1.165) is 18.5 Å². The van der Waals surface area contributed by atoms with Crippen LogP contribution in [0, 0.1) is 0 Å². The van der Waals surface area contributed by atoms with Crippen molar-refractivity contribution in [2.45, 2.75) is 19.6 Å².